The zero-order valence-corrected chi connectivity index (χ0v) is 8.46. The van der Waals surface area contributed by atoms with E-state index in [1.807, 2.05) is 25.3 Å². The van der Waals surface area contributed by atoms with Crippen molar-refractivity contribution in [3.63, 3.8) is 0 Å². The van der Waals surface area contributed by atoms with Gasteiger partial charge in [0.05, 0.1) is 18.0 Å². The summed E-state index contributed by atoms with van der Waals surface area (Å²) in [5.74, 6) is 0.774. The van der Waals surface area contributed by atoms with Crippen molar-refractivity contribution in [3.8, 4) is 0 Å². The molecule has 2 aromatic heterocycles. The van der Waals surface area contributed by atoms with Gasteiger partial charge in [0, 0.05) is 13.1 Å². The first-order chi connectivity index (χ1) is 7.22. The summed E-state index contributed by atoms with van der Waals surface area (Å²) < 4.78 is 1.77. The van der Waals surface area contributed by atoms with Crippen LogP contribution in [-0.4, -0.2) is 38.9 Å². The van der Waals surface area contributed by atoms with Gasteiger partial charge in [-0.2, -0.15) is 5.10 Å². The smallest absolute Gasteiger partial charge is 0.155 e. The van der Waals surface area contributed by atoms with E-state index >= 15 is 0 Å². The summed E-state index contributed by atoms with van der Waals surface area (Å²) in [6.45, 7) is 3.29. The van der Waals surface area contributed by atoms with Crippen LogP contribution in [0.5, 0.6) is 0 Å². The molecule has 0 atom stereocenters. The zero-order valence-electron chi connectivity index (χ0n) is 8.46. The van der Waals surface area contributed by atoms with E-state index in [0.29, 0.717) is 13.1 Å². The predicted octanol–water partition coefficient (Wildman–Crippen LogP) is 0.219. The van der Waals surface area contributed by atoms with Crippen LogP contribution in [-0.2, 0) is 0 Å². The zero-order chi connectivity index (χ0) is 10.4. The highest BCUT2D eigenvalue weighted by molar-refractivity contribution is 5.53. The van der Waals surface area contributed by atoms with Crippen molar-refractivity contribution < 1.29 is 5.11 Å². The lowest BCUT2D eigenvalue weighted by Gasteiger charge is -2.37. The highest BCUT2D eigenvalue weighted by atomic mass is 16.3. The molecule has 1 N–H and O–H groups in total. The van der Waals surface area contributed by atoms with Crippen molar-refractivity contribution in [2.45, 2.75) is 13.0 Å². The van der Waals surface area contributed by atoms with Crippen LogP contribution < -0.4 is 4.90 Å². The SMILES string of the molecule is Cc1nc2ccc(N3CC(O)C3)cn2n1. The van der Waals surface area contributed by atoms with E-state index < -0.39 is 0 Å². The van der Waals surface area contributed by atoms with Crippen molar-refractivity contribution in [1.29, 1.82) is 0 Å². The number of hydrogen-bond donors (Lipinski definition) is 1. The number of rotatable bonds is 1. The van der Waals surface area contributed by atoms with E-state index in [0.717, 1.165) is 17.2 Å². The average Bonchev–Trinajstić information content (AvgIpc) is 2.52. The maximum Gasteiger partial charge on any atom is 0.155 e. The van der Waals surface area contributed by atoms with E-state index in [-0.39, 0.29) is 6.10 Å². The number of aliphatic hydroxyl groups excluding tert-OH is 1. The van der Waals surface area contributed by atoms with E-state index in [9.17, 15) is 5.11 Å². The van der Waals surface area contributed by atoms with Gasteiger partial charge in [0.15, 0.2) is 5.65 Å². The lowest BCUT2D eigenvalue weighted by atomic mass is 10.1. The Morgan fingerprint density at radius 2 is 2.20 bits per heavy atom. The third kappa shape index (κ3) is 1.35. The molecule has 1 aliphatic heterocycles. The third-order valence-corrected chi connectivity index (χ3v) is 2.65. The Hall–Kier alpha value is -1.62. The van der Waals surface area contributed by atoms with E-state index in [1.54, 1.807) is 4.52 Å². The van der Waals surface area contributed by atoms with Crippen LogP contribution in [0, 0.1) is 6.92 Å². The van der Waals surface area contributed by atoms with Crippen LogP contribution in [0.4, 0.5) is 5.69 Å². The summed E-state index contributed by atoms with van der Waals surface area (Å²) in [5, 5.41) is 13.5. The van der Waals surface area contributed by atoms with Gasteiger partial charge in [0.1, 0.15) is 5.82 Å². The monoisotopic (exact) mass is 204 g/mol. The van der Waals surface area contributed by atoms with Gasteiger partial charge in [-0.1, -0.05) is 0 Å². The second-order valence-corrected chi connectivity index (χ2v) is 3.91. The molecule has 5 nitrogen and oxygen atoms in total. The number of fused-ring (bicyclic) bond motifs is 1. The molecule has 15 heavy (non-hydrogen) atoms. The topological polar surface area (TPSA) is 53.7 Å². The highest BCUT2D eigenvalue weighted by Gasteiger charge is 2.24. The molecule has 5 heteroatoms. The van der Waals surface area contributed by atoms with Gasteiger partial charge < -0.3 is 10.0 Å². The van der Waals surface area contributed by atoms with Crippen LogP contribution in [0.2, 0.25) is 0 Å². The molecule has 0 saturated carbocycles. The molecule has 3 rings (SSSR count). The van der Waals surface area contributed by atoms with Crippen LogP contribution in [0.1, 0.15) is 5.82 Å². The molecule has 0 radical (unpaired) electrons. The Labute approximate surface area is 87.0 Å². The van der Waals surface area contributed by atoms with Crippen molar-refractivity contribution in [3.05, 3.63) is 24.2 Å². The molecular weight excluding hydrogens is 192 g/mol. The fraction of sp³-hybridized carbons (Fsp3) is 0.400. The maximum absolute atomic E-state index is 9.22. The van der Waals surface area contributed by atoms with E-state index in [1.165, 1.54) is 0 Å². The first kappa shape index (κ1) is 8.67. The minimum Gasteiger partial charge on any atom is -0.389 e. The van der Waals surface area contributed by atoms with Crippen LogP contribution >= 0.6 is 0 Å². The van der Waals surface area contributed by atoms with Gasteiger partial charge in [-0.3, -0.25) is 0 Å². The maximum atomic E-state index is 9.22. The number of β-amino-alcohol motifs (C(OH)–C–C–N with tert-alkyl or cyclic N) is 1. The molecular formula is C10H12N4O. The normalized spacial score (nSPS) is 17.1. The van der Waals surface area contributed by atoms with Gasteiger partial charge in [-0.25, -0.2) is 9.50 Å². The Balaban J connectivity index is 1.99. The van der Waals surface area contributed by atoms with Gasteiger partial charge in [-0.05, 0) is 19.1 Å². The average molecular weight is 204 g/mol. The fourth-order valence-corrected chi connectivity index (χ4v) is 1.84. The summed E-state index contributed by atoms with van der Waals surface area (Å²) in [6, 6.07) is 3.95. The standard InChI is InChI=1S/C10H12N4O/c1-7-11-10-3-2-8(4-14(10)12-7)13-5-9(15)6-13/h2-4,9,15H,5-6H2,1H3. The molecule has 0 aromatic carbocycles. The largest absolute Gasteiger partial charge is 0.389 e. The Kier molecular flexibility index (Phi) is 1.70. The molecule has 1 fully saturated rings. The van der Waals surface area contributed by atoms with Gasteiger partial charge in [0.25, 0.3) is 0 Å². The molecule has 0 spiro atoms. The number of aromatic nitrogens is 3. The minimum atomic E-state index is -0.182. The Morgan fingerprint density at radius 1 is 1.40 bits per heavy atom. The Bertz CT molecular complexity index is 501. The van der Waals surface area contributed by atoms with Crippen LogP contribution in [0.3, 0.4) is 0 Å². The fourth-order valence-electron chi connectivity index (χ4n) is 1.84. The highest BCUT2D eigenvalue weighted by Crippen LogP contribution is 2.20. The summed E-state index contributed by atoms with van der Waals surface area (Å²) in [5.41, 5.74) is 1.94. The molecule has 0 unspecified atom stereocenters. The van der Waals surface area contributed by atoms with Crippen LogP contribution in [0.25, 0.3) is 5.65 Å². The number of aryl methyl sites for hydroxylation is 1. The van der Waals surface area contributed by atoms with Crippen molar-refractivity contribution in [1.82, 2.24) is 14.6 Å². The van der Waals surface area contributed by atoms with E-state index in [4.69, 9.17) is 0 Å². The van der Waals surface area contributed by atoms with Gasteiger partial charge >= 0.3 is 0 Å². The molecule has 1 saturated heterocycles. The first-order valence-electron chi connectivity index (χ1n) is 4.98. The molecule has 3 heterocycles. The summed E-state index contributed by atoms with van der Waals surface area (Å²) >= 11 is 0. The number of anilines is 1. The summed E-state index contributed by atoms with van der Waals surface area (Å²) in [6.07, 6.45) is 1.76. The minimum absolute atomic E-state index is 0.182. The quantitative estimate of drug-likeness (QED) is 0.722. The van der Waals surface area contributed by atoms with Gasteiger partial charge in [0.2, 0.25) is 0 Å². The number of pyridine rings is 1. The molecule has 78 valence electrons. The van der Waals surface area contributed by atoms with E-state index in [2.05, 4.69) is 15.0 Å². The number of nitrogens with zero attached hydrogens (tertiary/aromatic N) is 4. The Morgan fingerprint density at radius 3 is 2.93 bits per heavy atom. The second-order valence-electron chi connectivity index (χ2n) is 3.91. The number of aliphatic hydroxyl groups is 1. The lowest BCUT2D eigenvalue weighted by Crippen LogP contribution is -2.50. The van der Waals surface area contributed by atoms with Crippen molar-refractivity contribution in [2.75, 3.05) is 18.0 Å². The van der Waals surface area contributed by atoms with Crippen molar-refractivity contribution >= 4 is 11.3 Å². The molecule has 2 aromatic rings. The molecule has 1 aliphatic rings. The molecule has 0 amide bonds. The first-order valence-corrected chi connectivity index (χ1v) is 4.98. The molecule has 0 bridgehead atoms. The molecule has 0 aliphatic carbocycles. The van der Waals surface area contributed by atoms with Crippen molar-refractivity contribution in [2.24, 2.45) is 0 Å². The van der Waals surface area contributed by atoms with Gasteiger partial charge in [-0.15, -0.1) is 0 Å². The summed E-state index contributed by atoms with van der Waals surface area (Å²) in [7, 11) is 0. The lowest BCUT2D eigenvalue weighted by molar-refractivity contribution is 0.142. The predicted molar refractivity (Wildman–Crippen MR) is 55.9 cm³/mol. The number of hydrogen-bond acceptors (Lipinski definition) is 4. The third-order valence-electron chi connectivity index (χ3n) is 2.65. The summed E-state index contributed by atoms with van der Waals surface area (Å²) in [4.78, 5) is 6.37. The second kappa shape index (κ2) is 2.93. The van der Waals surface area contributed by atoms with Crippen LogP contribution in [0.15, 0.2) is 18.3 Å².